The Morgan fingerprint density at radius 1 is 0.844 bits per heavy atom. The maximum absolute atomic E-state index is 11.2. The molecule has 4 rings (SSSR count). The van der Waals surface area contributed by atoms with Crippen LogP contribution in [0.5, 0.6) is 0 Å². The summed E-state index contributed by atoms with van der Waals surface area (Å²) in [6.07, 6.45) is 1.89. The third-order valence-electron chi connectivity index (χ3n) is 5.11. The quantitative estimate of drug-likeness (QED) is 0.389. The highest BCUT2D eigenvalue weighted by Gasteiger charge is 2.14. The van der Waals surface area contributed by atoms with Crippen LogP contribution in [-0.2, 0) is 6.54 Å². The van der Waals surface area contributed by atoms with Crippen LogP contribution < -0.4 is 5.32 Å². The summed E-state index contributed by atoms with van der Waals surface area (Å²) < 4.78 is 1.69. The standard InChI is InChI=1S/C25H21N3O4/c1-16-2-10-21(11-3-16)26-14-20-15-28(22-12-8-19(9-13-22)25(31)32)27-23(20)17-4-6-18(7-5-17)24(29)30/h2-13,15,26H,14H2,1H3,(H,29,30)(H,31,32). The van der Waals surface area contributed by atoms with Gasteiger partial charge in [-0.25, -0.2) is 14.3 Å². The summed E-state index contributed by atoms with van der Waals surface area (Å²) >= 11 is 0. The van der Waals surface area contributed by atoms with Gasteiger partial charge in [0.1, 0.15) is 0 Å². The molecule has 0 aliphatic carbocycles. The number of carboxylic acids is 2. The molecule has 0 spiro atoms. The van der Waals surface area contributed by atoms with Crippen LogP contribution in [0.4, 0.5) is 5.69 Å². The number of nitrogens with zero attached hydrogens (tertiary/aromatic N) is 2. The van der Waals surface area contributed by atoms with E-state index in [2.05, 4.69) is 5.32 Å². The van der Waals surface area contributed by atoms with Crippen LogP contribution in [0.25, 0.3) is 16.9 Å². The maximum Gasteiger partial charge on any atom is 0.335 e. The number of hydrogen-bond donors (Lipinski definition) is 3. The van der Waals surface area contributed by atoms with E-state index in [-0.39, 0.29) is 11.1 Å². The van der Waals surface area contributed by atoms with Crippen molar-refractivity contribution in [2.24, 2.45) is 0 Å². The number of carbonyl (C=O) groups is 2. The maximum atomic E-state index is 11.2. The first kappa shape index (κ1) is 20.9. The van der Waals surface area contributed by atoms with Gasteiger partial charge in [-0.3, -0.25) is 0 Å². The minimum atomic E-state index is -0.987. The lowest BCUT2D eigenvalue weighted by atomic mass is 10.1. The average molecular weight is 427 g/mol. The third-order valence-corrected chi connectivity index (χ3v) is 5.11. The first-order valence-corrected chi connectivity index (χ1v) is 9.97. The van der Waals surface area contributed by atoms with Crippen LogP contribution in [0.15, 0.2) is 79.0 Å². The van der Waals surface area contributed by atoms with Crippen molar-refractivity contribution >= 4 is 17.6 Å². The van der Waals surface area contributed by atoms with Gasteiger partial charge >= 0.3 is 11.9 Å². The molecule has 0 aliphatic heterocycles. The molecule has 3 N–H and O–H groups in total. The highest BCUT2D eigenvalue weighted by molar-refractivity contribution is 5.88. The molecule has 0 saturated heterocycles. The van der Waals surface area contributed by atoms with E-state index in [0.717, 1.165) is 22.5 Å². The molecule has 0 bridgehead atoms. The van der Waals surface area contributed by atoms with Crippen molar-refractivity contribution < 1.29 is 19.8 Å². The van der Waals surface area contributed by atoms with E-state index in [1.54, 1.807) is 41.1 Å². The number of rotatable bonds is 7. The predicted octanol–water partition coefficient (Wildman–Crippen LogP) is 4.86. The Morgan fingerprint density at radius 3 is 1.97 bits per heavy atom. The predicted molar refractivity (Wildman–Crippen MR) is 121 cm³/mol. The third kappa shape index (κ3) is 4.52. The monoisotopic (exact) mass is 427 g/mol. The second-order valence-electron chi connectivity index (χ2n) is 7.40. The van der Waals surface area contributed by atoms with Gasteiger partial charge in [0, 0.05) is 29.6 Å². The van der Waals surface area contributed by atoms with Gasteiger partial charge in [-0.1, -0.05) is 29.8 Å². The zero-order valence-corrected chi connectivity index (χ0v) is 17.3. The van der Waals surface area contributed by atoms with Gasteiger partial charge in [0.15, 0.2) is 0 Å². The number of carboxylic acid groups (broad SMARTS) is 2. The summed E-state index contributed by atoms with van der Waals surface area (Å²) in [5.41, 5.74) is 5.69. The topological polar surface area (TPSA) is 104 Å². The molecular formula is C25H21N3O4. The fraction of sp³-hybridized carbons (Fsp3) is 0.0800. The molecule has 1 aromatic heterocycles. The Bertz CT molecular complexity index is 1260. The number of aromatic nitrogens is 2. The van der Waals surface area contributed by atoms with Gasteiger partial charge in [-0.2, -0.15) is 5.10 Å². The minimum Gasteiger partial charge on any atom is -0.478 e. The fourth-order valence-corrected chi connectivity index (χ4v) is 3.31. The van der Waals surface area contributed by atoms with Crippen molar-refractivity contribution in [1.82, 2.24) is 9.78 Å². The normalized spacial score (nSPS) is 10.7. The molecule has 1 heterocycles. The zero-order valence-electron chi connectivity index (χ0n) is 17.3. The number of aromatic carboxylic acids is 2. The number of hydrogen-bond acceptors (Lipinski definition) is 4. The molecule has 0 fully saturated rings. The molecular weight excluding hydrogens is 406 g/mol. The molecule has 0 radical (unpaired) electrons. The summed E-state index contributed by atoms with van der Waals surface area (Å²) in [6, 6.07) is 21.1. The van der Waals surface area contributed by atoms with Gasteiger partial charge in [0.25, 0.3) is 0 Å². The first-order chi connectivity index (χ1) is 15.4. The van der Waals surface area contributed by atoms with Gasteiger partial charge in [0.2, 0.25) is 0 Å². The van der Waals surface area contributed by atoms with Gasteiger partial charge in [0.05, 0.1) is 22.5 Å². The van der Waals surface area contributed by atoms with Crippen molar-refractivity contribution in [2.45, 2.75) is 13.5 Å². The molecule has 0 aliphatic rings. The fourth-order valence-electron chi connectivity index (χ4n) is 3.31. The highest BCUT2D eigenvalue weighted by Crippen LogP contribution is 2.25. The number of nitrogens with one attached hydrogen (secondary N) is 1. The molecule has 0 atom stereocenters. The van der Waals surface area contributed by atoms with Crippen LogP contribution in [-0.4, -0.2) is 31.9 Å². The molecule has 32 heavy (non-hydrogen) atoms. The van der Waals surface area contributed by atoms with Crippen molar-refractivity contribution in [3.63, 3.8) is 0 Å². The van der Waals surface area contributed by atoms with Crippen LogP contribution in [0.1, 0.15) is 31.8 Å². The molecule has 0 saturated carbocycles. The average Bonchev–Trinajstić information content (AvgIpc) is 3.23. The van der Waals surface area contributed by atoms with Crippen LogP contribution in [0.2, 0.25) is 0 Å². The lowest BCUT2D eigenvalue weighted by Crippen LogP contribution is -2.00. The van der Waals surface area contributed by atoms with Gasteiger partial charge < -0.3 is 15.5 Å². The second kappa shape index (κ2) is 8.77. The lowest BCUT2D eigenvalue weighted by molar-refractivity contribution is 0.0686. The number of benzene rings is 3. The van der Waals surface area contributed by atoms with Crippen molar-refractivity contribution in [1.29, 1.82) is 0 Å². The highest BCUT2D eigenvalue weighted by atomic mass is 16.4. The molecule has 0 unspecified atom stereocenters. The van der Waals surface area contributed by atoms with E-state index in [1.807, 2.05) is 37.4 Å². The molecule has 0 amide bonds. The minimum absolute atomic E-state index is 0.201. The number of anilines is 1. The molecule has 3 aromatic carbocycles. The Kier molecular flexibility index (Phi) is 5.72. The van der Waals surface area contributed by atoms with Crippen molar-refractivity contribution in [3.8, 4) is 16.9 Å². The second-order valence-corrected chi connectivity index (χ2v) is 7.40. The largest absolute Gasteiger partial charge is 0.478 e. The van der Waals surface area contributed by atoms with Crippen molar-refractivity contribution in [3.05, 3.63) is 101 Å². The van der Waals surface area contributed by atoms with Gasteiger partial charge in [-0.15, -0.1) is 0 Å². The van der Waals surface area contributed by atoms with E-state index in [9.17, 15) is 14.7 Å². The Balaban J connectivity index is 1.69. The van der Waals surface area contributed by atoms with E-state index in [1.165, 1.54) is 17.7 Å². The summed E-state index contributed by atoms with van der Waals surface area (Å²) in [5, 5.41) is 26.4. The zero-order chi connectivity index (χ0) is 22.7. The molecule has 7 heteroatoms. The smallest absolute Gasteiger partial charge is 0.335 e. The van der Waals surface area contributed by atoms with Crippen LogP contribution in [0, 0.1) is 6.92 Å². The van der Waals surface area contributed by atoms with Crippen LogP contribution in [0.3, 0.4) is 0 Å². The molecule has 7 nitrogen and oxygen atoms in total. The van der Waals surface area contributed by atoms with E-state index < -0.39 is 11.9 Å². The lowest BCUT2D eigenvalue weighted by Gasteiger charge is -2.07. The Labute approximate surface area is 184 Å². The van der Waals surface area contributed by atoms with Gasteiger partial charge in [-0.05, 0) is 55.5 Å². The van der Waals surface area contributed by atoms with Crippen LogP contribution >= 0.6 is 0 Å². The molecule has 160 valence electrons. The van der Waals surface area contributed by atoms with E-state index in [4.69, 9.17) is 10.2 Å². The summed E-state index contributed by atoms with van der Waals surface area (Å²) in [5.74, 6) is -1.97. The first-order valence-electron chi connectivity index (χ1n) is 9.97. The summed E-state index contributed by atoms with van der Waals surface area (Å²) in [4.78, 5) is 22.3. The SMILES string of the molecule is Cc1ccc(NCc2cn(-c3ccc(C(=O)O)cc3)nc2-c2ccc(C(=O)O)cc2)cc1. The Hall–Kier alpha value is -4.39. The van der Waals surface area contributed by atoms with Crippen molar-refractivity contribution in [2.75, 3.05) is 5.32 Å². The Morgan fingerprint density at radius 2 is 1.41 bits per heavy atom. The van der Waals surface area contributed by atoms with E-state index in [0.29, 0.717) is 12.2 Å². The van der Waals surface area contributed by atoms with E-state index >= 15 is 0 Å². The number of aryl methyl sites for hydroxylation is 1. The molecule has 4 aromatic rings. The summed E-state index contributed by atoms with van der Waals surface area (Å²) in [6.45, 7) is 2.54. The summed E-state index contributed by atoms with van der Waals surface area (Å²) in [7, 11) is 0.